The highest BCUT2D eigenvalue weighted by atomic mass is 35.5. The summed E-state index contributed by atoms with van der Waals surface area (Å²) < 4.78 is 26.7. The largest absolute Gasteiger partial charge is 0.349 e. The van der Waals surface area contributed by atoms with Crippen LogP contribution in [0.1, 0.15) is 56.3 Å². The summed E-state index contributed by atoms with van der Waals surface area (Å²) in [5.74, 6) is 1.50. The van der Waals surface area contributed by atoms with Gasteiger partial charge in [0.05, 0.1) is 6.26 Å². The summed E-state index contributed by atoms with van der Waals surface area (Å²) in [6.45, 7) is 1.28. The van der Waals surface area contributed by atoms with E-state index in [1.165, 1.54) is 32.1 Å². The summed E-state index contributed by atoms with van der Waals surface area (Å²) >= 11 is 5.99. The Kier molecular flexibility index (Phi) is 8.00. The number of imidazole rings is 1. The number of benzene rings is 1. The second-order valence-electron chi connectivity index (χ2n) is 10.0. The predicted molar refractivity (Wildman–Crippen MR) is 134 cm³/mol. The first kappa shape index (κ1) is 25.2. The van der Waals surface area contributed by atoms with Crippen LogP contribution in [0.25, 0.3) is 0 Å². The van der Waals surface area contributed by atoms with Crippen LogP contribution in [-0.2, 0) is 27.7 Å². The Balaban J connectivity index is 1.48. The van der Waals surface area contributed by atoms with E-state index in [2.05, 4.69) is 14.7 Å². The van der Waals surface area contributed by atoms with E-state index in [1.807, 2.05) is 23.2 Å². The lowest BCUT2D eigenvalue weighted by atomic mass is 9.62. The molecule has 2 fully saturated rings. The van der Waals surface area contributed by atoms with Crippen LogP contribution in [0.5, 0.6) is 0 Å². The lowest BCUT2D eigenvalue weighted by Crippen LogP contribution is -2.54. The van der Waals surface area contributed by atoms with E-state index in [0.29, 0.717) is 30.5 Å². The zero-order chi connectivity index (χ0) is 24.2. The van der Waals surface area contributed by atoms with Gasteiger partial charge in [-0.25, -0.2) is 18.1 Å². The van der Waals surface area contributed by atoms with Gasteiger partial charge in [-0.15, -0.1) is 0 Å². The van der Waals surface area contributed by atoms with Crippen LogP contribution >= 0.6 is 11.6 Å². The molecule has 2 aromatic rings. The number of carbonyl (C=O) groups is 1. The van der Waals surface area contributed by atoms with Gasteiger partial charge in [-0.1, -0.05) is 43.0 Å². The number of nitrogens with zero attached hydrogens (tertiary/aromatic N) is 2. The molecule has 2 N–H and O–H groups in total. The van der Waals surface area contributed by atoms with Crippen molar-refractivity contribution in [3.05, 3.63) is 53.1 Å². The molecule has 1 aromatic carbocycles. The number of piperidine rings is 1. The van der Waals surface area contributed by atoms with Gasteiger partial charge in [0.25, 0.3) is 0 Å². The summed E-state index contributed by atoms with van der Waals surface area (Å²) in [5, 5.41) is 0.606. The molecule has 0 spiro atoms. The molecular weight excluding hydrogens is 472 g/mol. The quantitative estimate of drug-likeness (QED) is 0.566. The molecule has 0 bridgehead atoms. The number of sulfonamides is 1. The molecular formula is C25H35ClN4O3S. The molecule has 0 unspecified atom stereocenters. The minimum Gasteiger partial charge on any atom is -0.349 e. The number of aromatic nitrogens is 2. The maximum absolute atomic E-state index is 13.5. The number of amides is 1. The Bertz CT molecular complexity index is 1040. The first-order valence-corrected chi connectivity index (χ1v) is 14.5. The third-order valence-corrected chi connectivity index (χ3v) is 8.59. The van der Waals surface area contributed by atoms with Crippen LogP contribution in [0, 0.1) is 11.3 Å². The van der Waals surface area contributed by atoms with Crippen molar-refractivity contribution in [2.24, 2.45) is 11.3 Å². The minimum absolute atomic E-state index is 0.130. The van der Waals surface area contributed by atoms with Crippen LogP contribution in [0.15, 0.2) is 36.7 Å². The molecule has 1 atom stereocenters. The van der Waals surface area contributed by atoms with Crippen molar-refractivity contribution in [1.82, 2.24) is 19.6 Å². The van der Waals surface area contributed by atoms with E-state index >= 15 is 0 Å². The molecule has 1 saturated heterocycles. The molecule has 0 radical (unpaired) electrons. The van der Waals surface area contributed by atoms with Gasteiger partial charge in [0.1, 0.15) is 11.9 Å². The van der Waals surface area contributed by atoms with E-state index in [9.17, 15) is 13.2 Å². The van der Waals surface area contributed by atoms with E-state index in [0.717, 1.165) is 36.9 Å². The van der Waals surface area contributed by atoms with Crippen LogP contribution in [0.4, 0.5) is 0 Å². The Labute approximate surface area is 207 Å². The molecule has 1 amide bonds. The molecule has 1 saturated carbocycles. The summed E-state index contributed by atoms with van der Waals surface area (Å²) in [5.41, 5.74) is 0.996. The number of H-pyrrole nitrogens is 1. The van der Waals surface area contributed by atoms with Gasteiger partial charge in [-0.2, -0.15) is 0 Å². The van der Waals surface area contributed by atoms with Crippen molar-refractivity contribution < 1.29 is 13.2 Å². The van der Waals surface area contributed by atoms with Crippen LogP contribution in [-0.4, -0.2) is 54.6 Å². The van der Waals surface area contributed by atoms with Gasteiger partial charge in [0, 0.05) is 36.9 Å². The molecule has 186 valence electrons. The molecule has 7 nitrogen and oxygen atoms in total. The second-order valence-corrected chi connectivity index (χ2v) is 12.2. The minimum atomic E-state index is -3.55. The molecule has 2 heterocycles. The number of hydrogen-bond donors (Lipinski definition) is 2. The third-order valence-electron chi connectivity index (χ3n) is 7.62. The zero-order valence-electron chi connectivity index (χ0n) is 19.8. The fourth-order valence-electron chi connectivity index (χ4n) is 5.86. The van der Waals surface area contributed by atoms with Gasteiger partial charge in [0.2, 0.25) is 15.9 Å². The Morgan fingerprint density at radius 3 is 2.47 bits per heavy atom. The Hall–Kier alpha value is -1.90. The summed E-state index contributed by atoms with van der Waals surface area (Å²) in [6, 6.07) is 6.35. The van der Waals surface area contributed by atoms with Crippen molar-refractivity contribution in [1.29, 1.82) is 0 Å². The SMILES string of the molecule is CS(=O)(=O)N[C@@H](Cc1ccc(Cl)cc1)C(=O)N1CCC(Cc2ncc[nH]2)(C2CCCCC2)CC1. The topological polar surface area (TPSA) is 95.2 Å². The smallest absolute Gasteiger partial charge is 0.241 e. The lowest BCUT2D eigenvalue weighted by molar-refractivity contribution is -0.136. The van der Waals surface area contributed by atoms with Crippen LogP contribution < -0.4 is 4.72 Å². The van der Waals surface area contributed by atoms with Gasteiger partial charge < -0.3 is 9.88 Å². The van der Waals surface area contributed by atoms with Crippen molar-refractivity contribution in [2.45, 2.75) is 63.8 Å². The standard InChI is InChI=1S/C25H35ClN4O3S/c1-34(32,33)29-22(17-19-7-9-21(26)10-8-19)24(31)30-15-11-25(12-16-30,18-23-27-13-14-28-23)20-5-3-2-4-6-20/h7-10,13-14,20,22,29H,2-6,11-12,15-18H2,1H3,(H,27,28)/t22-/m0/s1. The fraction of sp³-hybridized carbons (Fsp3) is 0.600. The van der Waals surface area contributed by atoms with E-state index in [-0.39, 0.29) is 11.3 Å². The van der Waals surface area contributed by atoms with E-state index < -0.39 is 16.1 Å². The van der Waals surface area contributed by atoms with E-state index in [4.69, 9.17) is 11.6 Å². The maximum atomic E-state index is 13.5. The summed E-state index contributed by atoms with van der Waals surface area (Å²) in [6.07, 6.45) is 14.1. The Morgan fingerprint density at radius 2 is 1.88 bits per heavy atom. The number of aromatic amines is 1. The van der Waals surface area contributed by atoms with Gasteiger partial charge in [-0.3, -0.25) is 4.79 Å². The number of rotatable bonds is 8. The highest BCUT2D eigenvalue weighted by Gasteiger charge is 2.43. The lowest BCUT2D eigenvalue weighted by Gasteiger charge is -2.48. The van der Waals surface area contributed by atoms with Gasteiger partial charge in [-0.05, 0) is 61.1 Å². The molecule has 1 aromatic heterocycles. The first-order valence-electron chi connectivity index (χ1n) is 12.2. The molecule has 1 aliphatic heterocycles. The second kappa shape index (κ2) is 10.8. The average molecular weight is 507 g/mol. The van der Waals surface area contributed by atoms with Crippen LogP contribution in [0.3, 0.4) is 0 Å². The number of halogens is 1. The molecule has 34 heavy (non-hydrogen) atoms. The maximum Gasteiger partial charge on any atom is 0.241 e. The number of hydrogen-bond acceptors (Lipinski definition) is 4. The summed E-state index contributed by atoms with van der Waals surface area (Å²) in [7, 11) is -3.55. The first-order chi connectivity index (χ1) is 16.2. The number of nitrogens with one attached hydrogen (secondary N) is 2. The molecule has 4 rings (SSSR count). The zero-order valence-corrected chi connectivity index (χ0v) is 21.4. The highest BCUT2D eigenvalue weighted by Crippen LogP contribution is 2.47. The molecule has 1 aliphatic carbocycles. The monoisotopic (exact) mass is 506 g/mol. The number of carbonyl (C=O) groups excluding carboxylic acids is 1. The van der Waals surface area contributed by atoms with Crippen molar-refractivity contribution in [3.63, 3.8) is 0 Å². The van der Waals surface area contributed by atoms with Crippen molar-refractivity contribution in [2.75, 3.05) is 19.3 Å². The van der Waals surface area contributed by atoms with Crippen molar-refractivity contribution >= 4 is 27.5 Å². The van der Waals surface area contributed by atoms with Crippen molar-refractivity contribution in [3.8, 4) is 0 Å². The van der Waals surface area contributed by atoms with Gasteiger partial charge >= 0.3 is 0 Å². The fourth-order valence-corrected chi connectivity index (χ4v) is 6.69. The average Bonchev–Trinajstić information content (AvgIpc) is 3.33. The Morgan fingerprint density at radius 1 is 1.21 bits per heavy atom. The van der Waals surface area contributed by atoms with Gasteiger partial charge in [0.15, 0.2) is 0 Å². The van der Waals surface area contributed by atoms with E-state index in [1.54, 1.807) is 18.3 Å². The molecule has 2 aliphatic rings. The number of likely N-dealkylation sites (tertiary alicyclic amines) is 1. The summed E-state index contributed by atoms with van der Waals surface area (Å²) in [4.78, 5) is 23.1. The third kappa shape index (κ3) is 6.40. The normalized spacial score (nSPS) is 20.2. The molecule has 9 heteroatoms. The predicted octanol–water partition coefficient (Wildman–Crippen LogP) is 3.96. The highest BCUT2D eigenvalue weighted by molar-refractivity contribution is 7.88. The van der Waals surface area contributed by atoms with Crippen LogP contribution in [0.2, 0.25) is 5.02 Å².